The van der Waals surface area contributed by atoms with Gasteiger partial charge in [-0.1, -0.05) is 17.7 Å². The zero-order valence-electron chi connectivity index (χ0n) is 16.8. The summed E-state index contributed by atoms with van der Waals surface area (Å²) >= 11 is 13.1. The molecule has 2 aromatic carbocycles. The van der Waals surface area contributed by atoms with Crippen molar-refractivity contribution in [2.45, 2.75) is 18.9 Å². The molecular formula is C23H19ClFN3O2S2. The van der Waals surface area contributed by atoms with Crippen molar-refractivity contribution in [1.29, 1.82) is 0 Å². The van der Waals surface area contributed by atoms with Gasteiger partial charge in [-0.2, -0.15) is 0 Å². The lowest BCUT2D eigenvalue weighted by molar-refractivity contribution is -0.124. The van der Waals surface area contributed by atoms with E-state index in [9.17, 15) is 14.0 Å². The highest BCUT2D eigenvalue weighted by Crippen LogP contribution is 2.28. The van der Waals surface area contributed by atoms with Gasteiger partial charge in [-0.15, -0.1) is 11.3 Å². The van der Waals surface area contributed by atoms with Crippen LogP contribution in [0.25, 0.3) is 0 Å². The normalized spacial score (nSPS) is 16.0. The first-order chi connectivity index (χ1) is 15.4. The van der Waals surface area contributed by atoms with Crippen LogP contribution in [0.15, 0.2) is 66.0 Å². The minimum atomic E-state index is -0.750. The number of hydrogen-bond donors (Lipinski definition) is 1. The number of thiocarbonyl (C=S) groups is 1. The van der Waals surface area contributed by atoms with E-state index in [0.29, 0.717) is 34.5 Å². The number of thiophene rings is 1. The first kappa shape index (κ1) is 22.4. The van der Waals surface area contributed by atoms with E-state index in [4.69, 9.17) is 23.8 Å². The zero-order chi connectivity index (χ0) is 22.7. The SMILES string of the molecule is O=C(C[C@@H]1C(=O)N(c2ccc(F)cc2)C(=S)N1CCc1cccs1)Nc1ccc(Cl)cc1. The summed E-state index contributed by atoms with van der Waals surface area (Å²) in [7, 11) is 0. The molecule has 5 nitrogen and oxygen atoms in total. The number of hydrogen-bond acceptors (Lipinski definition) is 4. The second kappa shape index (κ2) is 9.77. The number of benzene rings is 2. The van der Waals surface area contributed by atoms with Gasteiger partial charge in [-0.3, -0.25) is 14.5 Å². The van der Waals surface area contributed by atoms with Crippen LogP contribution < -0.4 is 10.2 Å². The van der Waals surface area contributed by atoms with Crippen LogP contribution in [0.4, 0.5) is 15.8 Å². The number of carbonyl (C=O) groups is 2. The minimum absolute atomic E-state index is 0.0657. The molecule has 1 atom stereocenters. The Kier molecular flexibility index (Phi) is 6.83. The van der Waals surface area contributed by atoms with E-state index >= 15 is 0 Å². The van der Waals surface area contributed by atoms with Crippen molar-refractivity contribution in [3.05, 3.63) is 81.8 Å². The largest absolute Gasteiger partial charge is 0.336 e. The summed E-state index contributed by atoms with van der Waals surface area (Å²) in [6.07, 6.45) is 0.626. The van der Waals surface area contributed by atoms with Gasteiger partial charge in [0.2, 0.25) is 5.91 Å². The maximum absolute atomic E-state index is 13.4. The van der Waals surface area contributed by atoms with Gasteiger partial charge in [0.1, 0.15) is 11.9 Å². The third kappa shape index (κ3) is 4.98. The molecule has 1 fully saturated rings. The fourth-order valence-corrected chi connectivity index (χ4v) is 4.76. The lowest BCUT2D eigenvalue weighted by Crippen LogP contribution is -2.39. The van der Waals surface area contributed by atoms with Gasteiger partial charge in [-0.05, 0) is 78.6 Å². The topological polar surface area (TPSA) is 52.7 Å². The molecular weight excluding hydrogens is 469 g/mol. The Bertz CT molecular complexity index is 1120. The van der Waals surface area contributed by atoms with Crippen LogP contribution in [0.1, 0.15) is 11.3 Å². The van der Waals surface area contributed by atoms with Gasteiger partial charge in [0.15, 0.2) is 5.11 Å². The number of carbonyl (C=O) groups excluding carboxylic acids is 2. The number of halogens is 2. The van der Waals surface area contributed by atoms with Crippen molar-refractivity contribution in [3.63, 3.8) is 0 Å². The number of amides is 2. The Hall–Kier alpha value is -2.81. The number of nitrogens with zero attached hydrogens (tertiary/aromatic N) is 2. The standard InChI is InChI=1S/C23H19ClFN3O2S2/c24-15-3-7-17(8-4-15)26-21(29)14-20-22(30)28(18-9-5-16(25)6-10-18)23(31)27(20)12-11-19-2-1-13-32-19/h1-10,13,20H,11-12,14H2,(H,26,29)/t20-/m1/s1. The molecule has 0 spiro atoms. The van der Waals surface area contributed by atoms with Gasteiger partial charge >= 0.3 is 0 Å². The molecule has 1 aliphatic rings. The van der Waals surface area contributed by atoms with Crippen LogP contribution in [0.5, 0.6) is 0 Å². The molecule has 2 amide bonds. The van der Waals surface area contributed by atoms with E-state index < -0.39 is 11.9 Å². The average Bonchev–Trinajstić information content (AvgIpc) is 3.36. The van der Waals surface area contributed by atoms with Gasteiger partial charge in [0.05, 0.1) is 12.1 Å². The zero-order valence-corrected chi connectivity index (χ0v) is 19.2. The summed E-state index contributed by atoms with van der Waals surface area (Å²) in [5.74, 6) is -1.02. The van der Waals surface area contributed by atoms with Crippen LogP contribution in [0.2, 0.25) is 5.02 Å². The van der Waals surface area contributed by atoms with Crippen LogP contribution in [-0.2, 0) is 16.0 Å². The van der Waals surface area contributed by atoms with Crippen LogP contribution in [0, 0.1) is 5.82 Å². The molecule has 0 bridgehead atoms. The van der Waals surface area contributed by atoms with E-state index in [1.807, 2.05) is 17.5 Å². The molecule has 4 rings (SSSR count). The summed E-state index contributed by atoms with van der Waals surface area (Å²) < 4.78 is 13.4. The van der Waals surface area contributed by atoms with Crippen molar-refractivity contribution in [3.8, 4) is 0 Å². The molecule has 0 aliphatic carbocycles. The molecule has 2 heterocycles. The number of nitrogens with one attached hydrogen (secondary N) is 1. The summed E-state index contributed by atoms with van der Waals surface area (Å²) in [6.45, 7) is 0.488. The molecule has 0 radical (unpaired) electrons. The molecule has 3 aromatic rings. The molecule has 1 N–H and O–H groups in total. The van der Waals surface area contributed by atoms with E-state index in [0.717, 1.165) is 4.88 Å². The fraction of sp³-hybridized carbons (Fsp3) is 0.174. The Balaban J connectivity index is 1.54. The highest BCUT2D eigenvalue weighted by Gasteiger charge is 2.43. The molecule has 1 saturated heterocycles. The third-order valence-corrected chi connectivity index (χ3v) is 6.69. The first-order valence-electron chi connectivity index (χ1n) is 9.90. The van der Waals surface area contributed by atoms with E-state index in [2.05, 4.69) is 5.32 Å². The Morgan fingerprint density at radius 3 is 2.50 bits per heavy atom. The Labute approximate surface area is 199 Å². The van der Waals surface area contributed by atoms with Crippen molar-refractivity contribution in [2.75, 3.05) is 16.8 Å². The van der Waals surface area contributed by atoms with E-state index in [1.165, 1.54) is 29.2 Å². The molecule has 1 aromatic heterocycles. The molecule has 164 valence electrons. The molecule has 32 heavy (non-hydrogen) atoms. The second-order valence-corrected chi connectivity index (χ2v) is 9.06. The maximum Gasteiger partial charge on any atom is 0.256 e. The monoisotopic (exact) mass is 487 g/mol. The second-order valence-electron chi connectivity index (χ2n) is 7.23. The number of rotatable bonds is 7. The van der Waals surface area contributed by atoms with Crippen molar-refractivity contribution < 1.29 is 14.0 Å². The summed E-state index contributed by atoms with van der Waals surface area (Å²) in [5.41, 5.74) is 1.07. The van der Waals surface area contributed by atoms with Gasteiger partial charge in [-0.25, -0.2) is 4.39 Å². The predicted octanol–water partition coefficient (Wildman–Crippen LogP) is 5.11. The first-order valence-corrected chi connectivity index (χ1v) is 11.6. The lowest BCUT2D eigenvalue weighted by Gasteiger charge is -2.23. The van der Waals surface area contributed by atoms with Crippen LogP contribution in [-0.4, -0.2) is 34.4 Å². The maximum atomic E-state index is 13.4. The fourth-order valence-electron chi connectivity index (χ4n) is 3.52. The third-order valence-electron chi connectivity index (χ3n) is 5.09. The quantitative estimate of drug-likeness (QED) is 0.470. The molecule has 1 aliphatic heterocycles. The Morgan fingerprint density at radius 1 is 1.12 bits per heavy atom. The van der Waals surface area contributed by atoms with E-state index in [-0.39, 0.29) is 18.2 Å². The average molecular weight is 488 g/mol. The molecule has 0 unspecified atom stereocenters. The summed E-state index contributed by atoms with van der Waals surface area (Å²) in [4.78, 5) is 30.4. The van der Waals surface area contributed by atoms with Gasteiger partial charge < -0.3 is 10.2 Å². The lowest BCUT2D eigenvalue weighted by atomic mass is 10.1. The highest BCUT2D eigenvalue weighted by atomic mass is 35.5. The smallest absolute Gasteiger partial charge is 0.256 e. The minimum Gasteiger partial charge on any atom is -0.336 e. The van der Waals surface area contributed by atoms with Crippen LogP contribution in [0.3, 0.4) is 0 Å². The van der Waals surface area contributed by atoms with Gasteiger partial charge in [0, 0.05) is 22.1 Å². The Morgan fingerprint density at radius 2 is 1.84 bits per heavy atom. The van der Waals surface area contributed by atoms with Crippen molar-refractivity contribution >= 4 is 63.5 Å². The summed E-state index contributed by atoms with van der Waals surface area (Å²) in [5, 5.41) is 5.66. The van der Waals surface area contributed by atoms with E-state index in [1.54, 1.807) is 40.5 Å². The highest BCUT2D eigenvalue weighted by molar-refractivity contribution is 7.80. The molecule has 0 saturated carbocycles. The van der Waals surface area contributed by atoms with Crippen LogP contribution >= 0.6 is 35.2 Å². The van der Waals surface area contributed by atoms with Gasteiger partial charge in [0.25, 0.3) is 5.91 Å². The predicted molar refractivity (Wildman–Crippen MR) is 130 cm³/mol. The van der Waals surface area contributed by atoms with Crippen molar-refractivity contribution in [2.24, 2.45) is 0 Å². The summed E-state index contributed by atoms with van der Waals surface area (Å²) in [6, 6.07) is 15.6. The molecule has 9 heteroatoms. The number of anilines is 2. The van der Waals surface area contributed by atoms with Crippen molar-refractivity contribution in [1.82, 2.24) is 4.90 Å².